The summed E-state index contributed by atoms with van der Waals surface area (Å²) in [5, 5.41) is 7.67. The van der Waals surface area contributed by atoms with Crippen LogP contribution in [0.3, 0.4) is 0 Å². The molecule has 2 N–H and O–H groups in total. The van der Waals surface area contributed by atoms with Crippen molar-refractivity contribution >= 4 is 46.0 Å². The SMILES string of the molecule is CCOCCCN1C(=O)C(Nc2ccc(NC(C)=O)cc2)=C(c2cccs2)C1=O. The topological polar surface area (TPSA) is 87.7 Å². The van der Waals surface area contributed by atoms with Crippen LogP contribution in [-0.4, -0.2) is 42.4 Å². The summed E-state index contributed by atoms with van der Waals surface area (Å²) in [5.41, 5.74) is 1.95. The Morgan fingerprint density at radius 2 is 1.83 bits per heavy atom. The van der Waals surface area contributed by atoms with E-state index in [0.717, 1.165) is 4.88 Å². The molecule has 8 heteroatoms. The van der Waals surface area contributed by atoms with Gasteiger partial charge in [-0.2, -0.15) is 0 Å². The van der Waals surface area contributed by atoms with Crippen molar-refractivity contribution in [3.05, 3.63) is 52.4 Å². The van der Waals surface area contributed by atoms with E-state index in [9.17, 15) is 14.4 Å². The number of thiophene rings is 1. The highest BCUT2D eigenvalue weighted by Gasteiger charge is 2.39. The van der Waals surface area contributed by atoms with E-state index >= 15 is 0 Å². The van der Waals surface area contributed by atoms with Crippen LogP contribution >= 0.6 is 11.3 Å². The van der Waals surface area contributed by atoms with E-state index in [0.29, 0.717) is 43.1 Å². The normalized spacial score (nSPS) is 13.9. The van der Waals surface area contributed by atoms with Gasteiger partial charge in [0.2, 0.25) is 5.91 Å². The first-order chi connectivity index (χ1) is 14.0. The van der Waals surface area contributed by atoms with Gasteiger partial charge in [-0.3, -0.25) is 19.3 Å². The third-order valence-corrected chi connectivity index (χ3v) is 5.17. The lowest BCUT2D eigenvalue weighted by atomic mass is 10.2. The molecule has 0 unspecified atom stereocenters. The molecule has 1 aliphatic rings. The van der Waals surface area contributed by atoms with Crippen molar-refractivity contribution in [2.24, 2.45) is 0 Å². The zero-order valence-corrected chi connectivity index (χ0v) is 17.2. The molecule has 1 aromatic carbocycles. The molecule has 3 amide bonds. The Hall–Kier alpha value is -2.97. The van der Waals surface area contributed by atoms with Crippen LogP contribution in [0.25, 0.3) is 5.57 Å². The summed E-state index contributed by atoms with van der Waals surface area (Å²) < 4.78 is 5.32. The largest absolute Gasteiger partial charge is 0.382 e. The van der Waals surface area contributed by atoms with Crippen LogP contribution in [0.5, 0.6) is 0 Å². The van der Waals surface area contributed by atoms with Gasteiger partial charge in [0.15, 0.2) is 0 Å². The number of ether oxygens (including phenoxy) is 1. The predicted molar refractivity (Wildman–Crippen MR) is 113 cm³/mol. The van der Waals surface area contributed by atoms with E-state index in [1.807, 2.05) is 24.4 Å². The molecular weight excluding hydrogens is 390 g/mol. The minimum Gasteiger partial charge on any atom is -0.382 e. The number of benzene rings is 1. The second-order valence-electron chi connectivity index (χ2n) is 6.42. The molecule has 0 saturated carbocycles. The molecule has 1 aliphatic heterocycles. The number of hydrogen-bond donors (Lipinski definition) is 2. The van der Waals surface area contributed by atoms with Gasteiger partial charge in [-0.1, -0.05) is 6.07 Å². The molecule has 0 spiro atoms. The average molecular weight is 413 g/mol. The fourth-order valence-electron chi connectivity index (χ4n) is 3.00. The summed E-state index contributed by atoms with van der Waals surface area (Å²) in [6.45, 7) is 4.74. The molecule has 0 bridgehead atoms. The van der Waals surface area contributed by atoms with E-state index in [1.165, 1.54) is 23.2 Å². The Labute approximate surface area is 173 Å². The van der Waals surface area contributed by atoms with Crippen molar-refractivity contribution in [2.75, 3.05) is 30.4 Å². The lowest BCUT2D eigenvalue weighted by Gasteiger charge is -2.15. The summed E-state index contributed by atoms with van der Waals surface area (Å²) >= 11 is 1.41. The lowest BCUT2D eigenvalue weighted by Crippen LogP contribution is -2.33. The number of nitrogens with zero attached hydrogens (tertiary/aromatic N) is 1. The zero-order valence-electron chi connectivity index (χ0n) is 16.4. The average Bonchev–Trinajstić information content (AvgIpc) is 3.29. The first-order valence-corrected chi connectivity index (χ1v) is 10.3. The Bertz CT molecular complexity index is 920. The number of nitrogens with one attached hydrogen (secondary N) is 2. The summed E-state index contributed by atoms with van der Waals surface area (Å²) in [7, 11) is 0. The van der Waals surface area contributed by atoms with Crippen LogP contribution in [0.1, 0.15) is 25.1 Å². The summed E-state index contributed by atoms with van der Waals surface area (Å²) in [5.74, 6) is -0.806. The lowest BCUT2D eigenvalue weighted by molar-refractivity contribution is -0.137. The van der Waals surface area contributed by atoms with Gasteiger partial charge in [-0.25, -0.2) is 0 Å². The maximum atomic E-state index is 13.0. The van der Waals surface area contributed by atoms with Gasteiger partial charge >= 0.3 is 0 Å². The third-order valence-electron chi connectivity index (χ3n) is 4.28. The van der Waals surface area contributed by atoms with Crippen LogP contribution in [0, 0.1) is 0 Å². The Kier molecular flexibility index (Phi) is 6.79. The fraction of sp³-hybridized carbons (Fsp3) is 0.286. The van der Waals surface area contributed by atoms with Gasteiger partial charge in [0.1, 0.15) is 5.70 Å². The van der Waals surface area contributed by atoms with E-state index < -0.39 is 0 Å². The summed E-state index contributed by atoms with van der Waals surface area (Å²) in [6, 6.07) is 10.6. The molecule has 7 nitrogen and oxygen atoms in total. The Morgan fingerprint density at radius 1 is 1.10 bits per heavy atom. The first-order valence-electron chi connectivity index (χ1n) is 9.38. The molecule has 0 aliphatic carbocycles. The van der Waals surface area contributed by atoms with Crippen LogP contribution < -0.4 is 10.6 Å². The van der Waals surface area contributed by atoms with E-state index in [4.69, 9.17) is 4.74 Å². The van der Waals surface area contributed by atoms with Crippen molar-refractivity contribution in [1.82, 2.24) is 4.90 Å². The number of anilines is 2. The van der Waals surface area contributed by atoms with E-state index in [-0.39, 0.29) is 23.4 Å². The molecular formula is C21H23N3O4S. The molecule has 0 fully saturated rings. The Balaban J connectivity index is 1.83. The van der Waals surface area contributed by atoms with Crippen molar-refractivity contribution in [3.8, 4) is 0 Å². The van der Waals surface area contributed by atoms with Crippen molar-refractivity contribution in [3.63, 3.8) is 0 Å². The standard InChI is InChI=1S/C21H23N3O4S/c1-3-28-12-5-11-24-20(26)18(17-6-4-13-29-17)19(21(24)27)23-16-9-7-15(8-10-16)22-14(2)25/h4,6-10,13,23H,3,5,11-12H2,1-2H3,(H,22,25). The quantitative estimate of drug-likeness (QED) is 0.486. The van der Waals surface area contributed by atoms with Crippen LogP contribution in [0.15, 0.2) is 47.5 Å². The monoisotopic (exact) mass is 413 g/mol. The molecule has 0 radical (unpaired) electrons. The zero-order chi connectivity index (χ0) is 20.8. The van der Waals surface area contributed by atoms with E-state index in [2.05, 4.69) is 10.6 Å². The highest BCUT2D eigenvalue weighted by atomic mass is 32.1. The molecule has 1 aromatic heterocycles. The van der Waals surface area contributed by atoms with Gasteiger partial charge < -0.3 is 15.4 Å². The highest BCUT2D eigenvalue weighted by Crippen LogP contribution is 2.33. The fourth-order valence-corrected chi connectivity index (χ4v) is 3.77. The maximum absolute atomic E-state index is 13.0. The van der Waals surface area contributed by atoms with Gasteiger partial charge in [0, 0.05) is 42.9 Å². The third kappa shape index (κ3) is 4.90. The predicted octanol–water partition coefficient (Wildman–Crippen LogP) is 3.33. The van der Waals surface area contributed by atoms with Gasteiger partial charge in [-0.15, -0.1) is 11.3 Å². The van der Waals surface area contributed by atoms with Crippen LogP contribution in [0.2, 0.25) is 0 Å². The number of carbonyl (C=O) groups is 3. The molecule has 2 aromatic rings. The maximum Gasteiger partial charge on any atom is 0.278 e. The molecule has 2 heterocycles. The van der Waals surface area contributed by atoms with Crippen LogP contribution in [0.4, 0.5) is 11.4 Å². The smallest absolute Gasteiger partial charge is 0.278 e. The Morgan fingerprint density at radius 3 is 2.45 bits per heavy atom. The summed E-state index contributed by atoms with van der Waals surface area (Å²) in [6.07, 6.45) is 0.585. The van der Waals surface area contributed by atoms with Gasteiger partial charge in [0.05, 0.1) is 5.57 Å². The number of imide groups is 1. The minimum atomic E-state index is -0.346. The van der Waals surface area contributed by atoms with Gasteiger partial charge in [0.25, 0.3) is 11.8 Å². The first kappa shape index (κ1) is 20.8. The van der Waals surface area contributed by atoms with Crippen LogP contribution in [-0.2, 0) is 19.1 Å². The molecule has 152 valence electrons. The summed E-state index contributed by atoms with van der Waals surface area (Å²) in [4.78, 5) is 39.1. The molecule has 0 saturated heterocycles. The number of amides is 3. The van der Waals surface area contributed by atoms with Gasteiger partial charge in [-0.05, 0) is 49.1 Å². The molecule has 3 rings (SSSR count). The molecule has 29 heavy (non-hydrogen) atoms. The highest BCUT2D eigenvalue weighted by molar-refractivity contribution is 7.11. The molecule has 0 atom stereocenters. The van der Waals surface area contributed by atoms with Crippen molar-refractivity contribution in [2.45, 2.75) is 20.3 Å². The number of hydrogen-bond acceptors (Lipinski definition) is 6. The number of carbonyl (C=O) groups excluding carboxylic acids is 3. The second kappa shape index (κ2) is 9.49. The van der Waals surface area contributed by atoms with E-state index in [1.54, 1.807) is 24.3 Å². The number of rotatable bonds is 9. The minimum absolute atomic E-state index is 0.160. The van der Waals surface area contributed by atoms with Crippen molar-refractivity contribution in [1.29, 1.82) is 0 Å². The van der Waals surface area contributed by atoms with Crippen molar-refractivity contribution < 1.29 is 19.1 Å². The second-order valence-corrected chi connectivity index (χ2v) is 7.37.